The van der Waals surface area contributed by atoms with E-state index in [1.54, 1.807) is 12.1 Å². The lowest BCUT2D eigenvalue weighted by Gasteiger charge is -2.04. The second-order valence-electron chi connectivity index (χ2n) is 4.33. The highest BCUT2D eigenvalue weighted by molar-refractivity contribution is 5.76. The number of rotatable bonds is 8. The summed E-state index contributed by atoms with van der Waals surface area (Å²) in [6.07, 6.45) is 2.28. The van der Waals surface area contributed by atoms with Crippen LogP contribution in [0.2, 0.25) is 0 Å². The molecule has 0 radical (unpaired) electrons. The zero-order valence-electron chi connectivity index (χ0n) is 10.7. The molecule has 0 fully saturated rings. The molecule has 2 N–H and O–H groups in total. The van der Waals surface area contributed by atoms with E-state index in [1.807, 2.05) is 0 Å². The van der Waals surface area contributed by atoms with E-state index in [0.29, 0.717) is 32.2 Å². The second-order valence-corrected chi connectivity index (χ2v) is 4.33. The van der Waals surface area contributed by atoms with Crippen LogP contribution in [0.4, 0.5) is 4.39 Å². The molecule has 0 aromatic heterocycles. The first-order valence-electron chi connectivity index (χ1n) is 6.31. The SMILES string of the molecule is O=C(O)CCCCNC(=O)CCc1ccc(F)cc1. The van der Waals surface area contributed by atoms with Crippen molar-refractivity contribution in [1.29, 1.82) is 0 Å². The van der Waals surface area contributed by atoms with Gasteiger partial charge in [0.15, 0.2) is 0 Å². The molecule has 0 aliphatic rings. The summed E-state index contributed by atoms with van der Waals surface area (Å²) in [5.74, 6) is -1.17. The minimum absolute atomic E-state index is 0.0698. The molecule has 1 aromatic carbocycles. The number of aryl methyl sites for hydroxylation is 1. The van der Waals surface area contributed by atoms with Gasteiger partial charge < -0.3 is 10.4 Å². The molecule has 1 amide bonds. The van der Waals surface area contributed by atoms with Crippen molar-refractivity contribution in [2.75, 3.05) is 6.54 Å². The quantitative estimate of drug-likeness (QED) is 0.709. The van der Waals surface area contributed by atoms with Crippen LogP contribution in [0.25, 0.3) is 0 Å². The van der Waals surface area contributed by atoms with Gasteiger partial charge in [0.05, 0.1) is 0 Å². The van der Waals surface area contributed by atoms with Gasteiger partial charge in [0.25, 0.3) is 0 Å². The summed E-state index contributed by atoms with van der Waals surface area (Å²) < 4.78 is 12.7. The highest BCUT2D eigenvalue weighted by Gasteiger charge is 2.02. The number of hydrogen-bond donors (Lipinski definition) is 2. The number of unbranched alkanes of at least 4 members (excludes halogenated alkanes) is 1. The zero-order valence-corrected chi connectivity index (χ0v) is 10.7. The van der Waals surface area contributed by atoms with E-state index in [2.05, 4.69) is 5.32 Å². The van der Waals surface area contributed by atoms with Crippen molar-refractivity contribution in [3.8, 4) is 0 Å². The monoisotopic (exact) mass is 267 g/mol. The highest BCUT2D eigenvalue weighted by atomic mass is 19.1. The van der Waals surface area contributed by atoms with Gasteiger partial charge in [-0.25, -0.2) is 4.39 Å². The van der Waals surface area contributed by atoms with Gasteiger partial charge >= 0.3 is 5.97 Å². The Morgan fingerprint density at radius 2 is 1.79 bits per heavy atom. The molecule has 0 saturated carbocycles. The van der Waals surface area contributed by atoms with Crippen LogP contribution in [-0.2, 0) is 16.0 Å². The van der Waals surface area contributed by atoms with Gasteiger partial charge in [0, 0.05) is 19.4 Å². The number of nitrogens with one attached hydrogen (secondary N) is 1. The van der Waals surface area contributed by atoms with E-state index in [-0.39, 0.29) is 18.1 Å². The van der Waals surface area contributed by atoms with Crippen LogP contribution in [0.5, 0.6) is 0 Å². The molecule has 0 spiro atoms. The normalized spacial score (nSPS) is 10.2. The van der Waals surface area contributed by atoms with Crippen LogP contribution in [-0.4, -0.2) is 23.5 Å². The van der Waals surface area contributed by atoms with E-state index < -0.39 is 5.97 Å². The number of amides is 1. The zero-order chi connectivity index (χ0) is 14.1. The van der Waals surface area contributed by atoms with Crippen molar-refractivity contribution in [2.45, 2.75) is 32.1 Å². The highest BCUT2D eigenvalue weighted by Crippen LogP contribution is 2.05. The summed E-state index contributed by atoms with van der Waals surface area (Å²) in [5, 5.41) is 11.2. The molecule has 104 valence electrons. The molecule has 0 bridgehead atoms. The smallest absolute Gasteiger partial charge is 0.303 e. The third-order valence-electron chi connectivity index (χ3n) is 2.69. The summed E-state index contributed by atoms with van der Waals surface area (Å²) >= 11 is 0. The van der Waals surface area contributed by atoms with E-state index >= 15 is 0 Å². The maximum absolute atomic E-state index is 12.7. The Bertz CT molecular complexity index is 417. The van der Waals surface area contributed by atoms with Crippen molar-refractivity contribution < 1.29 is 19.1 Å². The Balaban J connectivity index is 2.11. The van der Waals surface area contributed by atoms with Gasteiger partial charge in [-0.1, -0.05) is 12.1 Å². The molecule has 1 aromatic rings. The number of carbonyl (C=O) groups excluding carboxylic acids is 1. The average molecular weight is 267 g/mol. The van der Waals surface area contributed by atoms with Gasteiger partial charge in [0.1, 0.15) is 5.82 Å². The third-order valence-corrected chi connectivity index (χ3v) is 2.69. The fourth-order valence-electron chi connectivity index (χ4n) is 1.63. The summed E-state index contributed by atoms with van der Waals surface area (Å²) in [5.41, 5.74) is 0.919. The molecule has 0 saturated heterocycles. The summed E-state index contributed by atoms with van der Waals surface area (Å²) in [6.45, 7) is 0.496. The molecule has 0 heterocycles. The number of hydrogen-bond acceptors (Lipinski definition) is 2. The van der Waals surface area contributed by atoms with E-state index in [0.717, 1.165) is 5.56 Å². The van der Waals surface area contributed by atoms with Gasteiger partial charge in [-0.2, -0.15) is 0 Å². The number of carboxylic acid groups (broad SMARTS) is 1. The topological polar surface area (TPSA) is 66.4 Å². The molecular formula is C14H18FNO3. The Hall–Kier alpha value is -1.91. The van der Waals surface area contributed by atoms with E-state index in [9.17, 15) is 14.0 Å². The Kier molecular flexibility index (Phi) is 6.57. The lowest BCUT2D eigenvalue weighted by molar-refractivity contribution is -0.137. The summed E-state index contributed by atoms with van der Waals surface area (Å²) in [4.78, 5) is 21.7. The van der Waals surface area contributed by atoms with E-state index in [1.165, 1.54) is 12.1 Å². The number of benzene rings is 1. The lowest BCUT2D eigenvalue weighted by atomic mass is 10.1. The molecule has 0 unspecified atom stereocenters. The van der Waals surface area contributed by atoms with Crippen LogP contribution in [0, 0.1) is 5.82 Å². The Labute approximate surface area is 111 Å². The standard InChI is InChI=1S/C14H18FNO3/c15-12-7-4-11(5-8-12)6-9-13(17)16-10-2-1-3-14(18)19/h4-5,7-8H,1-3,6,9-10H2,(H,16,17)(H,18,19). The first-order valence-corrected chi connectivity index (χ1v) is 6.31. The summed E-state index contributed by atoms with van der Waals surface area (Å²) in [6, 6.07) is 6.07. The summed E-state index contributed by atoms with van der Waals surface area (Å²) in [7, 11) is 0. The van der Waals surface area contributed by atoms with E-state index in [4.69, 9.17) is 5.11 Å². The Morgan fingerprint density at radius 3 is 2.42 bits per heavy atom. The number of carbonyl (C=O) groups is 2. The first kappa shape index (κ1) is 15.1. The average Bonchev–Trinajstić information content (AvgIpc) is 2.37. The molecule has 4 nitrogen and oxygen atoms in total. The molecule has 0 aliphatic heterocycles. The van der Waals surface area contributed by atoms with Crippen molar-refractivity contribution in [3.63, 3.8) is 0 Å². The fraction of sp³-hybridized carbons (Fsp3) is 0.429. The molecular weight excluding hydrogens is 249 g/mol. The van der Waals surface area contributed by atoms with Crippen LogP contribution in [0.15, 0.2) is 24.3 Å². The van der Waals surface area contributed by atoms with Crippen molar-refractivity contribution in [2.24, 2.45) is 0 Å². The molecule has 0 atom stereocenters. The van der Waals surface area contributed by atoms with Gasteiger partial charge in [-0.05, 0) is 37.0 Å². The van der Waals surface area contributed by atoms with Crippen molar-refractivity contribution >= 4 is 11.9 Å². The van der Waals surface area contributed by atoms with Crippen LogP contribution in [0.3, 0.4) is 0 Å². The van der Waals surface area contributed by atoms with Crippen molar-refractivity contribution in [1.82, 2.24) is 5.32 Å². The number of halogens is 1. The minimum atomic E-state index is -0.817. The minimum Gasteiger partial charge on any atom is -0.481 e. The Morgan fingerprint density at radius 1 is 1.11 bits per heavy atom. The number of carboxylic acids is 1. The molecule has 5 heteroatoms. The molecule has 19 heavy (non-hydrogen) atoms. The molecule has 0 aliphatic carbocycles. The first-order chi connectivity index (χ1) is 9.08. The fourth-order valence-corrected chi connectivity index (χ4v) is 1.63. The lowest BCUT2D eigenvalue weighted by Crippen LogP contribution is -2.24. The van der Waals surface area contributed by atoms with Crippen LogP contribution < -0.4 is 5.32 Å². The van der Waals surface area contributed by atoms with Gasteiger partial charge in [0.2, 0.25) is 5.91 Å². The second kappa shape index (κ2) is 8.24. The predicted molar refractivity (Wildman–Crippen MR) is 69.2 cm³/mol. The van der Waals surface area contributed by atoms with Gasteiger partial charge in [-0.15, -0.1) is 0 Å². The maximum Gasteiger partial charge on any atom is 0.303 e. The van der Waals surface area contributed by atoms with Crippen molar-refractivity contribution in [3.05, 3.63) is 35.6 Å². The van der Waals surface area contributed by atoms with Gasteiger partial charge in [-0.3, -0.25) is 9.59 Å². The predicted octanol–water partition coefficient (Wildman–Crippen LogP) is 2.13. The largest absolute Gasteiger partial charge is 0.481 e. The number of aliphatic carboxylic acids is 1. The molecule has 1 rings (SSSR count). The van der Waals surface area contributed by atoms with Crippen LogP contribution in [0.1, 0.15) is 31.2 Å². The maximum atomic E-state index is 12.7. The third kappa shape index (κ3) is 7.18. The van der Waals surface area contributed by atoms with Crippen LogP contribution >= 0.6 is 0 Å².